The third-order valence-electron chi connectivity index (χ3n) is 4.04. The van der Waals surface area contributed by atoms with Crippen molar-refractivity contribution in [1.82, 2.24) is 19.2 Å². The molecule has 1 saturated carbocycles. The topological polar surface area (TPSA) is 61.4 Å². The molecule has 3 aromatic rings. The number of pyridine rings is 1. The van der Waals surface area contributed by atoms with Crippen molar-refractivity contribution < 1.29 is 9.53 Å². The largest absolute Gasteiger partial charge is 0.462 e. The Morgan fingerprint density at radius 1 is 1.30 bits per heavy atom. The third kappa shape index (κ3) is 2.84. The molecule has 1 fully saturated rings. The lowest BCUT2D eigenvalue weighted by atomic mass is 10.2. The number of ether oxygens (including phenoxy) is 1. The summed E-state index contributed by atoms with van der Waals surface area (Å²) in [4.78, 5) is 16.3. The monoisotopic (exact) mass is 310 g/mol. The summed E-state index contributed by atoms with van der Waals surface area (Å²) < 4.78 is 8.74. The molecule has 4 rings (SSSR count). The molecule has 0 saturated heterocycles. The van der Waals surface area contributed by atoms with E-state index in [-0.39, 0.29) is 5.97 Å². The summed E-state index contributed by atoms with van der Waals surface area (Å²) in [7, 11) is 0. The smallest absolute Gasteiger partial charge is 0.341 e. The Labute approximate surface area is 133 Å². The number of carbonyl (C=O) groups is 1. The highest BCUT2D eigenvalue weighted by Gasteiger charge is 2.23. The maximum absolute atomic E-state index is 11.7. The van der Waals surface area contributed by atoms with Gasteiger partial charge >= 0.3 is 5.97 Å². The first-order valence-electron chi connectivity index (χ1n) is 7.90. The van der Waals surface area contributed by atoms with E-state index in [9.17, 15) is 4.79 Å². The molecule has 0 amide bonds. The summed E-state index contributed by atoms with van der Waals surface area (Å²) in [6, 6.07) is 4.22. The molecule has 0 unspecified atom stereocenters. The minimum atomic E-state index is -0.345. The van der Waals surface area contributed by atoms with Crippen molar-refractivity contribution in [1.29, 1.82) is 0 Å². The molecule has 6 heteroatoms. The lowest BCUT2D eigenvalue weighted by Gasteiger charge is -1.98. The fourth-order valence-corrected chi connectivity index (χ4v) is 2.73. The second-order valence-electron chi connectivity index (χ2n) is 5.88. The van der Waals surface area contributed by atoms with E-state index < -0.39 is 0 Å². The first-order chi connectivity index (χ1) is 11.2. The molecule has 0 aromatic carbocycles. The van der Waals surface area contributed by atoms with Gasteiger partial charge in [0, 0.05) is 18.6 Å². The second kappa shape index (κ2) is 5.53. The molecule has 23 heavy (non-hydrogen) atoms. The summed E-state index contributed by atoms with van der Waals surface area (Å²) in [6.45, 7) is 2.68. The Bertz CT molecular complexity index is 860. The van der Waals surface area contributed by atoms with Gasteiger partial charge in [0.05, 0.1) is 30.6 Å². The number of hydrogen-bond acceptors (Lipinski definition) is 4. The molecule has 6 nitrogen and oxygen atoms in total. The van der Waals surface area contributed by atoms with Gasteiger partial charge in [0.25, 0.3) is 0 Å². The average Bonchev–Trinajstić information content (AvgIpc) is 3.15. The van der Waals surface area contributed by atoms with E-state index >= 15 is 0 Å². The molecule has 3 aromatic heterocycles. The maximum atomic E-state index is 11.7. The van der Waals surface area contributed by atoms with Gasteiger partial charge in [-0.15, -0.1) is 0 Å². The summed E-state index contributed by atoms with van der Waals surface area (Å²) in [5.74, 6) is 0.381. The number of nitrogens with zero attached hydrogens (tertiary/aromatic N) is 4. The molecule has 1 aliphatic carbocycles. The first kappa shape index (κ1) is 14.0. The van der Waals surface area contributed by atoms with E-state index in [4.69, 9.17) is 4.74 Å². The zero-order valence-corrected chi connectivity index (χ0v) is 13.0. The van der Waals surface area contributed by atoms with Crippen LogP contribution in [0.4, 0.5) is 0 Å². The van der Waals surface area contributed by atoms with E-state index in [1.807, 2.05) is 6.20 Å². The lowest BCUT2D eigenvalue weighted by molar-refractivity contribution is 0.0526. The van der Waals surface area contributed by atoms with Crippen LogP contribution in [0.1, 0.15) is 47.3 Å². The molecule has 3 heterocycles. The van der Waals surface area contributed by atoms with Gasteiger partial charge in [-0.3, -0.25) is 4.68 Å². The quantitative estimate of drug-likeness (QED) is 0.680. The number of carbonyl (C=O) groups excluding carboxylic acids is 1. The van der Waals surface area contributed by atoms with Crippen LogP contribution in [-0.4, -0.2) is 31.7 Å². The summed E-state index contributed by atoms with van der Waals surface area (Å²) in [6.07, 6.45) is 9.98. The zero-order valence-electron chi connectivity index (χ0n) is 13.0. The summed E-state index contributed by atoms with van der Waals surface area (Å²) in [5.41, 5.74) is 3.69. The SMILES string of the molecule is CCOC(=O)c1cnn(Cc2cn3cc(C4CC4)ccc3n2)c1. The van der Waals surface area contributed by atoms with Gasteiger partial charge < -0.3 is 9.14 Å². The van der Waals surface area contributed by atoms with Gasteiger partial charge in [0.2, 0.25) is 0 Å². The second-order valence-corrected chi connectivity index (χ2v) is 5.88. The Morgan fingerprint density at radius 2 is 2.17 bits per heavy atom. The Hall–Kier alpha value is -2.63. The molecule has 0 radical (unpaired) electrons. The Balaban J connectivity index is 1.54. The minimum Gasteiger partial charge on any atom is -0.462 e. The standard InChI is InChI=1S/C17H18N4O2/c1-2-23-17(22)14-7-18-21(9-14)11-15-10-20-8-13(12-3-4-12)5-6-16(20)19-15/h5-10,12H,2-4,11H2,1H3. The van der Waals surface area contributed by atoms with Gasteiger partial charge in [-0.2, -0.15) is 5.10 Å². The molecule has 0 aliphatic heterocycles. The molecule has 0 spiro atoms. The van der Waals surface area contributed by atoms with E-state index in [1.54, 1.807) is 17.8 Å². The number of hydrogen-bond donors (Lipinski definition) is 0. The van der Waals surface area contributed by atoms with Crippen LogP contribution >= 0.6 is 0 Å². The van der Waals surface area contributed by atoms with Crippen molar-refractivity contribution in [3.8, 4) is 0 Å². The van der Waals surface area contributed by atoms with Gasteiger partial charge in [0.15, 0.2) is 0 Å². The van der Waals surface area contributed by atoms with Crippen LogP contribution in [-0.2, 0) is 11.3 Å². The minimum absolute atomic E-state index is 0.345. The summed E-state index contributed by atoms with van der Waals surface area (Å²) in [5, 5.41) is 4.21. The number of aromatic nitrogens is 4. The highest BCUT2D eigenvalue weighted by Crippen LogP contribution is 2.39. The lowest BCUT2D eigenvalue weighted by Crippen LogP contribution is -2.04. The van der Waals surface area contributed by atoms with Crippen LogP contribution in [0.5, 0.6) is 0 Å². The van der Waals surface area contributed by atoms with Crippen LogP contribution < -0.4 is 0 Å². The molecule has 0 N–H and O–H groups in total. The normalized spacial score (nSPS) is 14.3. The average molecular weight is 310 g/mol. The fourth-order valence-electron chi connectivity index (χ4n) is 2.73. The molecule has 0 atom stereocenters. The van der Waals surface area contributed by atoms with Crippen molar-refractivity contribution in [3.63, 3.8) is 0 Å². The first-order valence-corrected chi connectivity index (χ1v) is 7.90. The predicted octanol–water partition coefficient (Wildman–Crippen LogP) is 2.63. The van der Waals surface area contributed by atoms with Crippen LogP contribution in [0.3, 0.4) is 0 Å². The van der Waals surface area contributed by atoms with Crippen molar-refractivity contribution >= 4 is 11.6 Å². The van der Waals surface area contributed by atoms with Gasteiger partial charge in [-0.1, -0.05) is 6.07 Å². The molecule has 118 valence electrons. The van der Waals surface area contributed by atoms with E-state index in [0.29, 0.717) is 18.7 Å². The molecular formula is C17H18N4O2. The number of rotatable bonds is 5. The number of imidazole rings is 1. The molecule has 1 aliphatic rings. The van der Waals surface area contributed by atoms with Crippen molar-refractivity contribution in [2.24, 2.45) is 0 Å². The van der Waals surface area contributed by atoms with Crippen molar-refractivity contribution in [3.05, 3.63) is 53.7 Å². The maximum Gasteiger partial charge on any atom is 0.341 e. The molecule has 0 bridgehead atoms. The van der Waals surface area contributed by atoms with E-state index in [0.717, 1.165) is 17.3 Å². The summed E-state index contributed by atoms with van der Waals surface area (Å²) >= 11 is 0. The van der Waals surface area contributed by atoms with Crippen LogP contribution in [0.15, 0.2) is 36.9 Å². The van der Waals surface area contributed by atoms with Crippen molar-refractivity contribution in [2.45, 2.75) is 32.2 Å². The third-order valence-corrected chi connectivity index (χ3v) is 4.04. The van der Waals surface area contributed by atoms with Gasteiger partial charge in [0.1, 0.15) is 5.65 Å². The van der Waals surface area contributed by atoms with Crippen LogP contribution in [0, 0.1) is 0 Å². The fraction of sp³-hybridized carbons (Fsp3) is 0.353. The Kier molecular flexibility index (Phi) is 3.37. The number of esters is 1. The number of fused-ring (bicyclic) bond motifs is 1. The molecular weight excluding hydrogens is 292 g/mol. The zero-order chi connectivity index (χ0) is 15.8. The van der Waals surface area contributed by atoms with Crippen LogP contribution in [0.25, 0.3) is 5.65 Å². The highest BCUT2D eigenvalue weighted by atomic mass is 16.5. The highest BCUT2D eigenvalue weighted by molar-refractivity contribution is 5.88. The van der Waals surface area contributed by atoms with E-state index in [1.165, 1.54) is 24.6 Å². The van der Waals surface area contributed by atoms with E-state index in [2.05, 4.69) is 32.8 Å². The van der Waals surface area contributed by atoms with Crippen molar-refractivity contribution in [2.75, 3.05) is 6.61 Å². The Morgan fingerprint density at radius 3 is 2.96 bits per heavy atom. The predicted molar refractivity (Wildman–Crippen MR) is 84.5 cm³/mol. The van der Waals surface area contributed by atoms with Gasteiger partial charge in [-0.25, -0.2) is 9.78 Å². The van der Waals surface area contributed by atoms with Crippen LogP contribution in [0.2, 0.25) is 0 Å². The van der Waals surface area contributed by atoms with Gasteiger partial charge in [-0.05, 0) is 37.3 Å².